The Balaban J connectivity index is 0.000000287. The van der Waals surface area contributed by atoms with Gasteiger partial charge >= 0.3 is 11.9 Å². The van der Waals surface area contributed by atoms with E-state index in [1.165, 1.54) is 39.9 Å². The predicted molar refractivity (Wildman–Crippen MR) is 295 cm³/mol. The number of aromatic nitrogens is 4. The Kier molecular flexibility index (Phi) is 24.3. The molecule has 2 aliphatic carbocycles. The summed E-state index contributed by atoms with van der Waals surface area (Å²) < 4.78 is 35.7. The summed E-state index contributed by atoms with van der Waals surface area (Å²) in [4.78, 5) is 74.7. The van der Waals surface area contributed by atoms with Gasteiger partial charge in [-0.05, 0) is 98.6 Å². The van der Waals surface area contributed by atoms with E-state index in [9.17, 15) is 28.8 Å². The molecule has 0 saturated heterocycles. The fraction of sp³-hybridized carbons (Fsp3) is 0.586. The smallest absolute Gasteiger partial charge is 0.325 e. The van der Waals surface area contributed by atoms with Gasteiger partial charge in [0, 0.05) is 31.5 Å². The average molecular weight is 1090 g/mol. The van der Waals surface area contributed by atoms with Gasteiger partial charge in [0.1, 0.15) is 36.1 Å². The van der Waals surface area contributed by atoms with Gasteiger partial charge in [0.15, 0.2) is 11.4 Å². The summed E-state index contributed by atoms with van der Waals surface area (Å²) in [6.45, 7) is 10.6. The van der Waals surface area contributed by atoms with Gasteiger partial charge in [-0.3, -0.25) is 38.1 Å². The van der Waals surface area contributed by atoms with Gasteiger partial charge in [0.2, 0.25) is 11.8 Å². The van der Waals surface area contributed by atoms with E-state index in [-0.39, 0.29) is 78.8 Å². The third-order valence-corrected chi connectivity index (χ3v) is 14.1. The standard InChI is InChI=1S/2C29H42N4O6/c1-18(2)13-20(15-26(34)30-17-27(35)39-6)31-29(36)22-16-23(28-24(37-4)11-8-12-25(28)38-5)33(32-22)21-10-7-9-19(3)14-21;1-19(2)14-21(15-26(34)30-17-27(35)39-5)31-29(36)22-16-23(28-24(37-3)12-9-13-25(28)38-4)33(32-22)18-20-10-7-6-8-11-20/h8,11-12,16,18-21H,7,9-10,13-15,17H2,1-6H3,(H,30,34)(H,31,36);9,12-13,16,19-21H,6-8,10-11,14-15,17-18H2,1-5H3,(H,30,34)(H,31,36)/t19?,20-,21?;21-/m00/s1. The molecule has 2 heterocycles. The second-order valence-electron chi connectivity index (χ2n) is 21.2. The maximum atomic E-state index is 13.5. The molecule has 2 fully saturated rings. The molecule has 2 aromatic heterocycles. The van der Waals surface area contributed by atoms with Crippen LogP contribution < -0.4 is 40.2 Å². The lowest BCUT2D eigenvalue weighted by Gasteiger charge is -2.28. The lowest BCUT2D eigenvalue weighted by Crippen LogP contribution is -2.41. The number of carbonyl (C=O) groups is 6. The largest absolute Gasteiger partial charge is 0.496 e. The van der Waals surface area contributed by atoms with Crippen LogP contribution in [0.1, 0.15) is 145 Å². The van der Waals surface area contributed by atoms with Crippen LogP contribution in [0.3, 0.4) is 0 Å². The zero-order valence-corrected chi connectivity index (χ0v) is 47.7. The Labute approximate surface area is 459 Å². The fourth-order valence-electron chi connectivity index (χ4n) is 10.4. The van der Waals surface area contributed by atoms with Crippen LogP contribution in [0.4, 0.5) is 0 Å². The number of carbonyl (C=O) groups excluding carboxylic acids is 6. The SMILES string of the molecule is COC(=O)CNC(=O)C[C@H](CC(C)C)NC(=O)c1cc(-c2c(OC)cccc2OC)n(C2CCCC(C)C2)n1.COC(=O)CNC(=O)C[C@H](CC(C)C)NC(=O)c1cc(-c2c(OC)cccc2OC)n(CC2CCCCC2)n1. The van der Waals surface area contributed by atoms with Crippen molar-refractivity contribution in [1.82, 2.24) is 40.8 Å². The molecule has 0 spiro atoms. The molecule has 6 rings (SSSR count). The number of hydrogen-bond donors (Lipinski definition) is 4. The monoisotopic (exact) mass is 1080 g/mol. The van der Waals surface area contributed by atoms with Crippen LogP contribution in [-0.2, 0) is 35.2 Å². The highest BCUT2D eigenvalue weighted by Crippen LogP contribution is 2.43. The molecule has 0 radical (unpaired) electrons. The first-order valence-corrected chi connectivity index (χ1v) is 27.3. The third-order valence-electron chi connectivity index (χ3n) is 14.1. The van der Waals surface area contributed by atoms with Gasteiger partial charge in [0.05, 0.1) is 71.2 Å². The van der Waals surface area contributed by atoms with Crippen molar-refractivity contribution in [2.24, 2.45) is 23.7 Å². The zero-order valence-electron chi connectivity index (χ0n) is 47.7. The number of rotatable bonds is 25. The highest BCUT2D eigenvalue weighted by molar-refractivity contribution is 5.95. The Bertz CT molecular complexity index is 2580. The summed E-state index contributed by atoms with van der Waals surface area (Å²) in [6, 6.07) is 14.0. The second-order valence-corrected chi connectivity index (χ2v) is 21.2. The second kappa shape index (κ2) is 30.7. The van der Waals surface area contributed by atoms with E-state index in [0.29, 0.717) is 54.2 Å². The van der Waals surface area contributed by atoms with Crippen molar-refractivity contribution in [3.8, 4) is 45.5 Å². The first-order valence-electron chi connectivity index (χ1n) is 27.3. The van der Waals surface area contributed by atoms with Crippen LogP contribution in [0.15, 0.2) is 48.5 Å². The van der Waals surface area contributed by atoms with Crippen molar-refractivity contribution in [3.63, 3.8) is 0 Å². The number of methoxy groups -OCH3 is 6. The summed E-state index contributed by atoms with van der Waals surface area (Å²) in [5, 5.41) is 20.6. The molecular weight excluding hydrogens is 1000 g/mol. The number of hydrogen-bond acceptors (Lipinski definition) is 14. The van der Waals surface area contributed by atoms with Gasteiger partial charge in [-0.25, -0.2) is 0 Å². The Hall–Kier alpha value is -7.12. The molecule has 20 nitrogen and oxygen atoms in total. The highest BCUT2D eigenvalue weighted by atomic mass is 16.5. The molecule has 20 heteroatoms. The summed E-state index contributed by atoms with van der Waals surface area (Å²) >= 11 is 0. The summed E-state index contributed by atoms with van der Waals surface area (Å²) in [5.41, 5.74) is 3.51. The van der Waals surface area contributed by atoms with Gasteiger partial charge in [-0.1, -0.05) is 78.9 Å². The minimum Gasteiger partial charge on any atom is -0.496 e. The predicted octanol–water partition coefficient (Wildman–Crippen LogP) is 8.11. The van der Waals surface area contributed by atoms with E-state index >= 15 is 0 Å². The normalized spacial score (nSPS) is 16.2. The molecule has 2 saturated carbocycles. The van der Waals surface area contributed by atoms with Crippen molar-refractivity contribution < 1.29 is 57.2 Å². The first-order chi connectivity index (χ1) is 37.4. The van der Waals surface area contributed by atoms with E-state index in [2.05, 4.69) is 37.7 Å². The van der Waals surface area contributed by atoms with Gasteiger partial charge < -0.3 is 49.7 Å². The maximum absolute atomic E-state index is 13.5. The van der Waals surface area contributed by atoms with Crippen LogP contribution >= 0.6 is 0 Å². The van der Waals surface area contributed by atoms with Crippen LogP contribution in [0.25, 0.3) is 22.5 Å². The average Bonchev–Trinajstić information content (AvgIpc) is 4.24. The number of esters is 2. The summed E-state index contributed by atoms with van der Waals surface area (Å²) in [6.07, 6.45) is 11.3. The Morgan fingerprint density at radius 3 is 1.47 bits per heavy atom. The third kappa shape index (κ3) is 18.0. The molecule has 428 valence electrons. The van der Waals surface area contributed by atoms with E-state index in [1.807, 2.05) is 73.5 Å². The molecule has 0 aliphatic heterocycles. The highest BCUT2D eigenvalue weighted by Gasteiger charge is 2.31. The van der Waals surface area contributed by atoms with Gasteiger partial charge in [-0.15, -0.1) is 0 Å². The molecule has 4 aromatic rings. The molecule has 2 aliphatic rings. The molecule has 78 heavy (non-hydrogen) atoms. The van der Waals surface area contributed by atoms with Crippen LogP contribution in [0.5, 0.6) is 23.0 Å². The lowest BCUT2D eigenvalue weighted by atomic mass is 9.87. The van der Waals surface area contributed by atoms with Crippen molar-refractivity contribution >= 4 is 35.6 Å². The lowest BCUT2D eigenvalue weighted by molar-refractivity contribution is -0.141. The summed E-state index contributed by atoms with van der Waals surface area (Å²) in [7, 11) is 8.95. The number of benzene rings is 2. The molecule has 4 atom stereocenters. The Morgan fingerprint density at radius 2 is 1.04 bits per heavy atom. The van der Waals surface area contributed by atoms with Crippen LogP contribution in [0.2, 0.25) is 0 Å². The van der Waals surface area contributed by atoms with Crippen LogP contribution in [-0.4, -0.2) is 123 Å². The van der Waals surface area contributed by atoms with E-state index < -0.39 is 24.0 Å². The molecule has 2 aromatic carbocycles. The topological polar surface area (TPSA) is 242 Å². The van der Waals surface area contributed by atoms with Crippen molar-refractivity contribution in [2.45, 2.75) is 143 Å². The van der Waals surface area contributed by atoms with E-state index in [1.54, 1.807) is 40.6 Å². The quantitative estimate of drug-likeness (QED) is 0.0459. The summed E-state index contributed by atoms with van der Waals surface area (Å²) in [5.74, 6) is 1.55. The van der Waals surface area contributed by atoms with Crippen molar-refractivity contribution in [2.75, 3.05) is 55.7 Å². The minimum atomic E-state index is -0.533. The fourth-order valence-corrected chi connectivity index (χ4v) is 10.4. The number of nitrogens with one attached hydrogen (secondary N) is 4. The first kappa shape index (κ1) is 61.7. The van der Waals surface area contributed by atoms with E-state index in [0.717, 1.165) is 54.6 Å². The van der Waals surface area contributed by atoms with Gasteiger partial charge in [0.25, 0.3) is 11.8 Å². The minimum absolute atomic E-state index is 0.0367. The van der Waals surface area contributed by atoms with Crippen molar-refractivity contribution in [1.29, 1.82) is 0 Å². The Morgan fingerprint density at radius 1 is 0.590 bits per heavy atom. The van der Waals surface area contributed by atoms with Crippen LogP contribution in [0, 0.1) is 23.7 Å². The zero-order chi connectivity index (χ0) is 56.9. The van der Waals surface area contributed by atoms with E-state index in [4.69, 9.17) is 29.1 Å². The molecule has 4 amide bonds. The maximum Gasteiger partial charge on any atom is 0.325 e. The molecule has 2 unspecified atom stereocenters. The molecular formula is C58H84N8O12. The number of ether oxygens (including phenoxy) is 6. The number of amides is 4. The van der Waals surface area contributed by atoms with Gasteiger partial charge in [-0.2, -0.15) is 10.2 Å². The van der Waals surface area contributed by atoms with Crippen molar-refractivity contribution in [3.05, 3.63) is 59.9 Å². The molecule has 4 N–H and O–H groups in total. The number of nitrogens with zero attached hydrogens (tertiary/aromatic N) is 4. The molecule has 0 bridgehead atoms.